The Morgan fingerprint density at radius 3 is 1.25 bits per heavy atom. The lowest BCUT2D eigenvalue weighted by atomic mass is 9.47. The Labute approximate surface area is 905 Å². The van der Waals surface area contributed by atoms with Gasteiger partial charge in [0.15, 0.2) is 16.3 Å². The number of ether oxygens (including phenoxy) is 2. The number of allylic oxidation sites excluding steroid dienone is 1. The molecular weight excluding hydrogens is 1910 g/mol. The van der Waals surface area contributed by atoms with Crippen LogP contribution in [0.15, 0.2) is 216 Å². The van der Waals surface area contributed by atoms with Crippen LogP contribution >= 0.6 is 23.2 Å². The Morgan fingerprint density at radius 1 is 0.460 bits per heavy atom. The number of para-hydroxylation sites is 3. The zero-order valence-electron chi connectivity index (χ0n) is 93.1. The van der Waals surface area contributed by atoms with Crippen LogP contribution in [0.2, 0.25) is 10.0 Å². The van der Waals surface area contributed by atoms with E-state index >= 15 is 0 Å². The fourth-order valence-corrected chi connectivity index (χ4v) is 27.1. The Morgan fingerprint density at radius 2 is 0.853 bits per heavy atom. The molecule has 0 radical (unpaired) electrons. The Hall–Kier alpha value is -10.3. The summed E-state index contributed by atoms with van der Waals surface area (Å²) < 4.78 is 16.7. The molecule has 150 heavy (non-hydrogen) atoms. The summed E-state index contributed by atoms with van der Waals surface area (Å²) in [4.78, 5) is 74.8. The first-order valence-electron chi connectivity index (χ1n) is 56.5. The molecule has 11 aromatic rings. The van der Waals surface area contributed by atoms with E-state index in [2.05, 4.69) is 150 Å². The van der Waals surface area contributed by atoms with Gasteiger partial charge in [0.25, 0.3) is 0 Å². The lowest BCUT2D eigenvalue weighted by Gasteiger charge is -2.60. The highest BCUT2D eigenvalue weighted by Gasteiger charge is 2.57. The van der Waals surface area contributed by atoms with E-state index in [1.54, 1.807) is 77.0 Å². The van der Waals surface area contributed by atoms with Crippen molar-refractivity contribution in [2.24, 2.45) is 70.6 Å². The van der Waals surface area contributed by atoms with Crippen LogP contribution in [0.5, 0.6) is 0 Å². The monoisotopic (exact) mass is 2080 g/mol. The van der Waals surface area contributed by atoms with Crippen LogP contribution in [0.3, 0.4) is 0 Å². The number of piperidine rings is 1. The minimum absolute atomic E-state index is 0.117. The molecule has 5 aromatic carbocycles. The average molecular weight is 2090 g/mol. The molecule has 26 rings (SSSR count). The fraction of sp³-hybridized carbons (Fsp3) is 0.547. The summed E-state index contributed by atoms with van der Waals surface area (Å²) in [5.74, 6) is 10.8. The SMILES string of the molecule is C=CCn1cc(C)c(=O)c2ccccc21.CC(c1ccc(Cl)cc1)c1ccc(Cl)cc1.CCC12CC3CC(CC(C3)C1)C2.CCC12CC3CC(CC(O)(C3)C1)C2.CCCC(=O)O.CCCCC(=O)O.CCNCC12CC3CC(CC(C3)C1)C2.CCn1cc(C)c(=O)c2ccccc21.Cc1cc(C)nc(N2CCOCC2)c1.Cc1ccnc(N2CCCCC2)c1.Cc1ccnc(N2CCOCC2)c1.Cc1cn(C)c2ccccc2c1=O. The molecule has 2 unspecified atom stereocenters. The highest BCUT2D eigenvalue weighted by molar-refractivity contribution is 6.30. The first-order valence-corrected chi connectivity index (χ1v) is 57.3. The maximum absolute atomic E-state index is 11.8. The summed E-state index contributed by atoms with van der Waals surface area (Å²) in [5, 5.41) is 33.9. The number of benzene rings is 5. The number of nitrogens with one attached hydrogen (secondary N) is 1. The highest BCUT2D eigenvalue weighted by atomic mass is 35.5. The molecule has 3 saturated heterocycles. The van der Waals surface area contributed by atoms with Gasteiger partial charge < -0.3 is 58.5 Å². The summed E-state index contributed by atoms with van der Waals surface area (Å²) in [5.41, 5.74) is 15.1. The zero-order chi connectivity index (χ0) is 108. The number of carbonyl (C=O) groups is 2. The topological polar surface area (TPSA) is 240 Å². The van der Waals surface area contributed by atoms with Crippen LogP contribution in [0.1, 0.15) is 284 Å². The van der Waals surface area contributed by atoms with Gasteiger partial charge in [-0.3, -0.25) is 24.0 Å². The summed E-state index contributed by atoms with van der Waals surface area (Å²) in [6, 6.07) is 51.5. The summed E-state index contributed by atoms with van der Waals surface area (Å²) in [6.45, 7) is 46.2. The number of pyridine rings is 6. The van der Waals surface area contributed by atoms with Gasteiger partial charge in [-0.1, -0.05) is 151 Å². The smallest absolute Gasteiger partial charge is 0.303 e. The van der Waals surface area contributed by atoms with Crippen molar-refractivity contribution in [3.8, 4) is 0 Å². The number of hydrogen-bond donors (Lipinski definition) is 4. The van der Waals surface area contributed by atoms with Crippen LogP contribution < -0.4 is 36.3 Å². The van der Waals surface area contributed by atoms with Crippen LogP contribution in [-0.4, -0.2) is 140 Å². The third-order valence-electron chi connectivity index (χ3n) is 33.2. The number of aromatic nitrogens is 6. The van der Waals surface area contributed by atoms with Crippen molar-refractivity contribution in [1.82, 2.24) is 34.0 Å². The molecule has 20 nitrogen and oxygen atoms in total. The minimum Gasteiger partial charge on any atom is -0.481 e. The third kappa shape index (κ3) is 34.3. The van der Waals surface area contributed by atoms with Gasteiger partial charge in [-0.25, -0.2) is 15.0 Å². The van der Waals surface area contributed by atoms with Crippen molar-refractivity contribution >= 4 is 85.3 Å². The van der Waals surface area contributed by atoms with E-state index in [1.165, 1.54) is 98.8 Å². The van der Waals surface area contributed by atoms with Gasteiger partial charge in [-0.2, -0.15) is 0 Å². The van der Waals surface area contributed by atoms with Gasteiger partial charge in [-0.05, 0) is 398 Å². The molecule has 4 N–H and O–H groups in total. The lowest BCUT2D eigenvalue weighted by molar-refractivity contribution is -0.164. The van der Waals surface area contributed by atoms with E-state index in [4.69, 9.17) is 42.9 Å². The van der Waals surface area contributed by atoms with Crippen LogP contribution in [0.4, 0.5) is 17.5 Å². The standard InChI is InChI=1S/C14H12Cl2.C13H13NO.C13H23N.C12H13NO.C12H20O.C12H20.C11H16N2O.C11H16N2.C11H11NO.C10H14N2O.C5H10O2.C4H8O2/c1-10(11-2-6-13(15)7-3-11)12-4-8-14(16)9-5-12;1-3-8-14-9-10(2)13(15)11-6-4-5-7-12(11)14;1-2-14-9-13-6-10-3-11(7-13)5-12(4-10)8-13;1-3-13-8-9(2)12(14)10-6-4-5-7-11(10)13;1-2-11-4-9-3-10(5-11)7-12(13,6-9)8-11;1-2-12-6-9-3-10(7-12)5-11(4-9)8-12;1-9-7-10(2)12-11(8-9)13-3-5-14-6-4-13;1-10-5-6-12-11(9-10)13-7-3-2-4-8-13;1-8-7-12(2)10-6-4-3-5-9(10)11(8)13;1-9-2-3-11-10(8-9)12-4-6-13-7-5-12;1-2-3-4-5(6)7;1-2-3-4(5)6/h2-10H,1H3;3-7,9H,1,8H2,2H3;10-12,14H,2-9H2,1H3;4-8H,3H2,1-2H3;9-10,13H,2-8H2,1H3;9-11H,2-8H2,1H3;7-8H,3-6H2,1-2H3;5-6,9H,2-4,7-8H2,1H3;3-7H,1-2H3;2-3,8H,4-7H2,1H3;2-4H2,1H3,(H,6,7);2-3H2,1H3,(H,5,6). The molecule has 12 aliphatic carbocycles. The molecule has 12 saturated carbocycles. The normalized spacial score (nSPS) is 23.7. The van der Waals surface area contributed by atoms with Gasteiger partial charge in [0.2, 0.25) is 0 Å². The second-order valence-electron chi connectivity index (χ2n) is 45.6. The van der Waals surface area contributed by atoms with Crippen molar-refractivity contribution in [3.63, 3.8) is 0 Å². The van der Waals surface area contributed by atoms with E-state index in [1.807, 2.05) is 204 Å². The Balaban J connectivity index is 0.000000146. The van der Waals surface area contributed by atoms with E-state index in [0.29, 0.717) is 24.2 Å². The summed E-state index contributed by atoms with van der Waals surface area (Å²) in [7, 11) is 1.95. The molecule has 9 heterocycles. The second kappa shape index (κ2) is 57.6. The minimum atomic E-state index is -0.711. The van der Waals surface area contributed by atoms with Gasteiger partial charge >= 0.3 is 11.9 Å². The maximum atomic E-state index is 11.8. The van der Waals surface area contributed by atoms with Crippen molar-refractivity contribution in [1.29, 1.82) is 0 Å². The molecule has 2 atom stereocenters. The van der Waals surface area contributed by atoms with E-state index in [0.717, 1.165) is 252 Å². The third-order valence-corrected chi connectivity index (χ3v) is 33.7. The number of aliphatic hydroxyl groups is 1. The number of unbranched alkanes of at least 4 members (excludes halogenated alkanes) is 1. The zero-order valence-corrected chi connectivity index (χ0v) is 94.6. The van der Waals surface area contributed by atoms with Crippen molar-refractivity contribution in [3.05, 3.63) is 292 Å². The molecule has 812 valence electrons. The molecule has 6 aromatic heterocycles. The number of nitrogens with zero attached hydrogens (tertiary/aromatic N) is 9. The first kappa shape index (κ1) is 118. The molecule has 0 amide bonds. The van der Waals surface area contributed by atoms with Gasteiger partial charge in [-0.15, -0.1) is 6.58 Å². The van der Waals surface area contributed by atoms with Crippen LogP contribution in [0.25, 0.3) is 32.7 Å². The quantitative estimate of drug-likeness (QED) is 0.0584. The highest BCUT2D eigenvalue weighted by Crippen LogP contribution is 2.64. The maximum Gasteiger partial charge on any atom is 0.303 e. The molecule has 12 bridgehead atoms. The van der Waals surface area contributed by atoms with Crippen molar-refractivity contribution < 1.29 is 34.4 Å². The molecular formula is C128H176Cl2N10O10. The largest absolute Gasteiger partial charge is 0.481 e. The molecule has 22 heteroatoms. The number of fused-ring (bicyclic) bond motifs is 3. The first-order chi connectivity index (χ1) is 72.1. The number of aryl methyl sites for hydroxylation is 9. The number of anilines is 3. The number of aliphatic carboxylic acids is 2. The van der Waals surface area contributed by atoms with Crippen LogP contribution in [-0.2, 0) is 39.2 Å². The van der Waals surface area contributed by atoms with E-state index in [-0.39, 0.29) is 21.9 Å². The second-order valence-corrected chi connectivity index (χ2v) is 46.4. The van der Waals surface area contributed by atoms with Crippen molar-refractivity contribution in [2.45, 2.75) is 301 Å². The number of rotatable bonds is 18. The summed E-state index contributed by atoms with van der Waals surface area (Å²) >= 11 is 11.7. The fourth-order valence-electron chi connectivity index (χ4n) is 26.9. The van der Waals surface area contributed by atoms with Crippen LogP contribution in [0, 0.1) is 112 Å². The molecule has 15 aliphatic rings. The predicted octanol–water partition coefficient (Wildman–Crippen LogP) is 28.2. The molecule has 15 fully saturated rings. The predicted molar refractivity (Wildman–Crippen MR) is 622 cm³/mol. The number of carboxylic acids is 2. The van der Waals surface area contributed by atoms with Gasteiger partial charge in [0, 0.05) is 164 Å². The Kier molecular flexibility index (Phi) is 45.4. The Bertz CT molecular complexity index is 6090. The van der Waals surface area contributed by atoms with Gasteiger partial charge in [0.05, 0.1) is 48.6 Å². The van der Waals surface area contributed by atoms with Gasteiger partial charge in [0.1, 0.15) is 17.5 Å². The molecule has 0 spiro atoms. The number of morpholine rings is 2. The molecule has 3 aliphatic heterocycles. The lowest BCUT2D eigenvalue weighted by Crippen LogP contribution is -2.55. The average Bonchev–Trinajstić information content (AvgIpc) is 0.726. The number of carboxylic acid groups (broad SMARTS) is 2. The van der Waals surface area contributed by atoms with E-state index in [9.17, 15) is 29.1 Å². The number of hydrogen-bond acceptors (Lipinski definition) is 15. The van der Waals surface area contributed by atoms with Crippen molar-refractivity contribution in [2.75, 3.05) is 93.5 Å². The van der Waals surface area contributed by atoms with E-state index < -0.39 is 11.9 Å². The number of halogens is 2. The summed E-state index contributed by atoms with van der Waals surface area (Å²) in [6.07, 6.45) is 47.7.